The lowest BCUT2D eigenvalue weighted by Crippen LogP contribution is -2.43. The summed E-state index contributed by atoms with van der Waals surface area (Å²) in [7, 11) is 0. The number of fused-ring (bicyclic) bond motifs is 1. The molecule has 1 fully saturated rings. The van der Waals surface area contributed by atoms with Gasteiger partial charge in [-0.15, -0.1) is 10.2 Å². The molecule has 0 radical (unpaired) electrons. The van der Waals surface area contributed by atoms with Crippen LogP contribution in [0.4, 0.5) is 0 Å². The number of carbonyl (C=O) groups excluding carboxylic acids is 1. The van der Waals surface area contributed by atoms with Gasteiger partial charge in [0.1, 0.15) is 11.6 Å². The first-order valence-electron chi connectivity index (χ1n) is 9.22. The summed E-state index contributed by atoms with van der Waals surface area (Å²) in [4.78, 5) is 14.4. The molecule has 1 amide bonds. The zero-order valence-corrected chi connectivity index (χ0v) is 14.8. The number of likely N-dealkylation sites (tertiary alicyclic amines) is 1. The monoisotopic (exact) mass is 318 g/mol. The van der Waals surface area contributed by atoms with Gasteiger partial charge in [0.25, 0.3) is 0 Å². The Morgan fingerprint density at radius 3 is 2.48 bits per heavy atom. The Hall–Kier alpha value is -1.39. The Labute approximate surface area is 139 Å². The van der Waals surface area contributed by atoms with E-state index in [0.717, 1.165) is 57.0 Å². The fraction of sp³-hybridized carbons (Fsp3) is 0.833. The molecular weight excluding hydrogens is 288 g/mol. The SMILES string of the molecule is CCc1nnc2n1CCC1(CC2)CCN(C(=O)CC(C)C)CC1. The van der Waals surface area contributed by atoms with Gasteiger partial charge < -0.3 is 9.47 Å². The molecule has 1 spiro atoms. The van der Waals surface area contributed by atoms with Crippen LogP contribution < -0.4 is 0 Å². The summed E-state index contributed by atoms with van der Waals surface area (Å²) in [6, 6.07) is 0. The Kier molecular flexibility index (Phi) is 4.74. The van der Waals surface area contributed by atoms with E-state index in [1.807, 2.05) is 0 Å². The second kappa shape index (κ2) is 6.62. The molecule has 0 aromatic carbocycles. The molecule has 1 aromatic rings. The molecule has 0 unspecified atom stereocenters. The summed E-state index contributed by atoms with van der Waals surface area (Å²) < 4.78 is 2.34. The van der Waals surface area contributed by atoms with Gasteiger partial charge in [-0.3, -0.25) is 4.79 Å². The average molecular weight is 318 g/mol. The minimum absolute atomic E-state index is 0.342. The molecule has 2 aliphatic rings. The van der Waals surface area contributed by atoms with Crippen LogP contribution in [-0.2, 0) is 24.2 Å². The Morgan fingerprint density at radius 2 is 1.83 bits per heavy atom. The predicted molar refractivity (Wildman–Crippen MR) is 90.0 cm³/mol. The molecule has 0 aliphatic carbocycles. The number of hydrogen-bond donors (Lipinski definition) is 0. The van der Waals surface area contributed by atoms with E-state index in [-0.39, 0.29) is 0 Å². The molecule has 1 aromatic heterocycles. The Bertz CT molecular complexity index is 555. The van der Waals surface area contributed by atoms with Gasteiger partial charge in [0.2, 0.25) is 5.91 Å². The van der Waals surface area contributed by atoms with Gasteiger partial charge in [0, 0.05) is 38.9 Å². The molecule has 0 atom stereocenters. The molecule has 0 saturated carbocycles. The lowest BCUT2D eigenvalue weighted by atomic mass is 9.72. The highest BCUT2D eigenvalue weighted by Crippen LogP contribution is 2.41. The summed E-state index contributed by atoms with van der Waals surface area (Å²) >= 11 is 0. The van der Waals surface area contributed by atoms with E-state index >= 15 is 0 Å². The highest BCUT2D eigenvalue weighted by molar-refractivity contribution is 5.76. The molecule has 23 heavy (non-hydrogen) atoms. The fourth-order valence-electron chi connectivity index (χ4n) is 4.14. The summed E-state index contributed by atoms with van der Waals surface area (Å²) in [6.07, 6.45) is 7.38. The molecule has 5 heteroatoms. The van der Waals surface area contributed by atoms with Crippen molar-refractivity contribution in [3.05, 3.63) is 11.6 Å². The van der Waals surface area contributed by atoms with Crippen LogP contribution in [0.5, 0.6) is 0 Å². The number of aryl methyl sites for hydroxylation is 2. The van der Waals surface area contributed by atoms with Crippen molar-refractivity contribution in [2.75, 3.05) is 13.1 Å². The van der Waals surface area contributed by atoms with E-state index in [0.29, 0.717) is 23.7 Å². The highest BCUT2D eigenvalue weighted by atomic mass is 16.2. The van der Waals surface area contributed by atoms with Gasteiger partial charge in [-0.25, -0.2) is 0 Å². The van der Waals surface area contributed by atoms with Gasteiger partial charge in [0.15, 0.2) is 0 Å². The first-order chi connectivity index (χ1) is 11.0. The van der Waals surface area contributed by atoms with Gasteiger partial charge in [-0.2, -0.15) is 0 Å². The summed E-state index contributed by atoms with van der Waals surface area (Å²) in [5.41, 5.74) is 0.403. The van der Waals surface area contributed by atoms with E-state index in [9.17, 15) is 4.79 Å². The minimum Gasteiger partial charge on any atom is -0.343 e. The van der Waals surface area contributed by atoms with Crippen LogP contribution in [0.3, 0.4) is 0 Å². The third kappa shape index (κ3) is 3.43. The van der Waals surface area contributed by atoms with Crippen LogP contribution in [0.1, 0.15) is 64.5 Å². The van der Waals surface area contributed by atoms with Crippen molar-refractivity contribution in [3.8, 4) is 0 Å². The van der Waals surface area contributed by atoms with E-state index in [1.54, 1.807) is 0 Å². The van der Waals surface area contributed by atoms with Gasteiger partial charge in [-0.05, 0) is 37.0 Å². The summed E-state index contributed by atoms with van der Waals surface area (Å²) in [5.74, 6) is 3.08. The molecule has 0 N–H and O–H groups in total. The normalized spacial score (nSPS) is 20.6. The van der Waals surface area contributed by atoms with Gasteiger partial charge in [-0.1, -0.05) is 20.8 Å². The third-order valence-corrected chi connectivity index (χ3v) is 5.72. The molecule has 128 valence electrons. The smallest absolute Gasteiger partial charge is 0.222 e. The predicted octanol–water partition coefficient (Wildman–Crippen LogP) is 2.83. The van der Waals surface area contributed by atoms with E-state index < -0.39 is 0 Å². The van der Waals surface area contributed by atoms with Crippen molar-refractivity contribution >= 4 is 5.91 Å². The standard InChI is InChI=1S/C18H30N4O/c1-4-15-19-20-16-5-6-18(9-12-22(15)16)7-10-21(11-8-18)17(23)13-14(2)3/h14H,4-13H2,1-3H3. The lowest BCUT2D eigenvalue weighted by molar-refractivity contribution is -0.134. The van der Waals surface area contributed by atoms with E-state index in [2.05, 4.69) is 40.4 Å². The van der Waals surface area contributed by atoms with E-state index in [4.69, 9.17) is 0 Å². The average Bonchev–Trinajstić information content (AvgIpc) is 2.85. The quantitative estimate of drug-likeness (QED) is 0.861. The van der Waals surface area contributed by atoms with Crippen molar-refractivity contribution in [3.63, 3.8) is 0 Å². The molecular formula is C18H30N4O. The summed E-state index contributed by atoms with van der Waals surface area (Å²) in [5, 5.41) is 8.70. The summed E-state index contributed by atoms with van der Waals surface area (Å²) in [6.45, 7) is 9.31. The maximum absolute atomic E-state index is 12.3. The maximum Gasteiger partial charge on any atom is 0.222 e. The largest absolute Gasteiger partial charge is 0.343 e. The topological polar surface area (TPSA) is 51.0 Å². The van der Waals surface area contributed by atoms with Gasteiger partial charge in [0.05, 0.1) is 0 Å². The Balaban J connectivity index is 1.61. The molecule has 3 heterocycles. The Morgan fingerprint density at radius 1 is 1.13 bits per heavy atom. The number of hydrogen-bond acceptors (Lipinski definition) is 3. The maximum atomic E-state index is 12.3. The first kappa shape index (κ1) is 16.5. The van der Waals surface area contributed by atoms with Crippen LogP contribution in [-0.4, -0.2) is 38.7 Å². The molecule has 1 saturated heterocycles. The van der Waals surface area contributed by atoms with Crippen molar-refractivity contribution < 1.29 is 4.79 Å². The minimum atomic E-state index is 0.342. The molecule has 0 bridgehead atoms. The van der Waals surface area contributed by atoms with Crippen LogP contribution in [0.15, 0.2) is 0 Å². The van der Waals surface area contributed by atoms with E-state index in [1.165, 1.54) is 12.8 Å². The third-order valence-electron chi connectivity index (χ3n) is 5.72. The highest BCUT2D eigenvalue weighted by Gasteiger charge is 2.37. The van der Waals surface area contributed by atoms with Crippen molar-refractivity contribution in [1.29, 1.82) is 0 Å². The van der Waals surface area contributed by atoms with Crippen molar-refractivity contribution in [1.82, 2.24) is 19.7 Å². The van der Waals surface area contributed by atoms with Crippen LogP contribution in [0, 0.1) is 11.3 Å². The van der Waals surface area contributed by atoms with Crippen LogP contribution >= 0.6 is 0 Å². The molecule has 5 nitrogen and oxygen atoms in total. The fourth-order valence-corrected chi connectivity index (χ4v) is 4.14. The number of nitrogens with zero attached hydrogens (tertiary/aromatic N) is 4. The van der Waals surface area contributed by atoms with Gasteiger partial charge >= 0.3 is 0 Å². The van der Waals surface area contributed by atoms with Crippen molar-refractivity contribution in [2.45, 2.75) is 72.3 Å². The molecule has 3 rings (SSSR count). The number of carbonyl (C=O) groups is 1. The number of rotatable bonds is 3. The number of amides is 1. The zero-order chi connectivity index (χ0) is 16.4. The second-order valence-electron chi connectivity index (χ2n) is 7.77. The first-order valence-corrected chi connectivity index (χ1v) is 9.22. The van der Waals surface area contributed by atoms with Crippen LogP contribution in [0.2, 0.25) is 0 Å². The zero-order valence-electron chi connectivity index (χ0n) is 14.8. The van der Waals surface area contributed by atoms with Crippen molar-refractivity contribution in [2.24, 2.45) is 11.3 Å². The lowest BCUT2D eigenvalue weighted by Gasteiger charge is -2.41. The number of piperidine rings is 1. The number of aromatic nitrogens is 3. The second-order valence-corrected chi connectivity index (χ2v) is 7.77. The molecule has 2 aliphatic heterocycles. The van der Waals surface area contributed by atoms with Crippen LogP contribution in [0.25, 0.3) is 0 Å².